The minimum atomic E-state index is -0.352. The van der Waals surface area contributed by atoms with Crippen LogP contribution in [0.2, 0.25) is 0 Å². The highest BCUT2D eigenvalue weighted by atomic mass is 19.1. The summed E-state index contributed by atoms with van der Waals surface area (Å²) in [5.74, 6) is 0.769. The molecule has 3 heterocycles. The van der Waals surface area contributed by atoms with Gasteiger partial charge in [0, 0.05) is 25.5 Å². The first kappa shape index (κ1) is 16.1. The van der Waals surface area contributed by atoms with Gasteiger partial charge in [0.2, 0.25) is 11.7 Å². The second-order valence-electron chi connectivity index (χ2n) is 5.79. The molecule has 0 aliphatic carbocycles. The van der Waals surface area contributed by atoms with E-state index >= 15 is 0 Å². The summed E-state index contributed by atoms with van der Waals surface area (Å²) in [5.41, 5.74) is 0.530. The molecule has 8 nitrogen and oxygen atoms in total. The van der Waals surface area contributed by atoms with E-state index in [-0.39, 0.29) is 24.2 Å². The Morgan fingerprint density at radius 2 is 2.08 bits per heavy atom. The van der Waals surface area contributed by atoms with E-state index in [0.29, 0.717) is 36.2 Å². The molecule has 3 aromatic rings. The van der Waals surface area contributed by atoms with Crippen molar-refractivity contribution in [3.63, 3.8) is 0 Å². The first-order chi connectivity index (χ1) is 12.7. The number of carbonyl (C=O) groups excluding carboxylic acids is 1. The Balaban J connectivity index is 1.29. The summed E-state index contributed by atoms with van der Waals surface area (Å²) in [6, 6.07) is 5.52. The molecule has 1 aliphatic rings. The number of ether oxygens (including phenoxy) is 1. The van der Waals surface area contributed by atoms with E-state index in [9.17, 15) is 9.18 Å². The molecule has 26 heavy (non-hydrogen) atoms. The fourth-order valence-electron chi connectivity index (χ4n) is 2.53. The fourth-order valence-corrected chi connectivity index (χ4v) is 2.53. The molecule has 1 aromatic carbocycles. The number of rotatable bonds is 5. The molecule has 0 unspecified atom stereocenters. The van der Waals surface area contributed by atoms with Crippen molar-refractivity contribution in [2.75, 3.05) is 19.7 Å². The van der Waals surface area contributed by atoms with E-state index in [0.717, 1.165) is 0 Å². The molecule has 0 spiro atoms. The normalized spacial score (nSPS) is 14.1. The van der Waals surface area contributed by atoms with Gasteiger partial charge in [-0.3, -0.25) is 9.78 Å². The number of likely N-dealkylation sites (tertiary alicyclic amines) is 1. The Hall–Kier alpha value is -3.36. The van der Waals surface area contributed by atoms with Gasteiger partial charge >= 0.3 is 0 Å². The predicted octanol–water partition coefficient (Wildman–Crippen LogP) is 1.67. The topological polar surface area (TPSA) is 94.2 Å². The van der Waals surface area contributed by atoms with Crippen molar-refractivity contribution in [3.8, 4) is 17.3 Å². The number of halogens is 1. The molecule has 132 valence electrons. The number of hydrogen-bond acceptors (Lipinski definition) is 7. The Morgan fingerprint density at radius 1 is 1.27 bits per heavy atom. The standard InChI is InChI=1S/C17H14FN5O3/c18-12-1-3-13(4-2-12)25-10-15(24)23-8-11(9-23)17-21-16(22-26-17)14-7-19-5-6-20-14/h1-7,11H,8-10H2. The van der Waals surface area contributed by atoms with Crippen LogP contribution in [0.15, 0.2) is 47.4 Å². The van der Waals surface area contributed by atoms with Crippen LogP contribution in [0.4, 0.5) is 4.39 Å². The molecule has 1 fully saturated rings. The number of aromatic nitrogens is 4. The molecule has 0 N–H and O–H groups in total. The Morgan fingerprint density at radius 3 is 2.81 bits per heavy atom. The third-order valence-corrected chi connectivity index (χ3v) is 3.99. The van der Waals surface area contributed by atoms with Gasteiger partial charge in [0.25, 0.3) is 5.91 Å². The summed E-state index contributed by atoms with van der Waals surface area (Å²) in [6.45, 7) is 0.856. The number of benzene rings is 1. The van der Waals surface area contributed by atoms with Crippen molar-refractivity contribution in [1.29, 1.82) is 0 Å². The summed E-state index contributed by atoms with van der Waals surface area (Å²) in [6.07, 6.45) is 4.67. The second kappa shape index (κ2) is 6.87. The average molecular weight is 355 g/mol. The minimum absolute atomic E-state index is 0.0114. The van der Waals surface area contributed by atoms with Crippen LogP contribution in [0.5, 0.6) is 5.75 Å². The van der Waals surface area contributed by atoms with Gasteiger partial charge in [-0.05, 0) is 24.3 Å². The highest BCUT2D eigenvalue weighted by Crippen LogP contribution is 2.27. The SMILES string of the molecule is O=C(COc1ccc(F)cc1)N1CC(c2nc(-c3cnccn3)no2)C1. The number of nitrogens with zero attached hydrogens (tertiary/aromatic N) is 5. The van der Waals surface area contributed by atoms with E-state index in [4.69, 9.17) is 9.26 Å². The molecule has 1 aliphatic heterocycles. The Kier molecular flexibility index (Phi) is 4.26. The molecule has 0 atom stereocenters. The number of carbonyl (C=O) groups is 1. The monoisotopic (exact) mass is 355 g/mol. The van der Waals surface area contributed by atoms with Gasteiger partial charge in [-0.2, -0.15) is 4.98 Å². The van der Waals surface area contributed by atoms with Crippen LogP contribution < -0.4 is 4.74 Å². The lowest BCUT2D eigenvalue weighted by atomic mass is 10.0. The van der Waals surface area contributed by atoms with Gasteiger partial charge in [0.15, 0.2) is 6.61 Å². The van der Waals surface area contributed by atoms with Gasteiger partial charge in [-0.15, -0.1) is 0 Å². The van der Waals surface area contributed by atoms with Crippen LogP contribution in [-0.2, 0) is 4.79 Å². The lowest BCUT2D eigenvalue weighted by molar-refractivity contribution is -0.138. The zero-order valence-electron chi connectivity index (χ0n) is 13.6. The fraction of sp³-hybridized carbons (Fsp3) is 0.235. The Bertz CT molecular complexity index is 894. The summed E-state index contributed by atoms with van der Waals surface area (Å²) in [5, 5.41) is 3.89. The third kappa shape index (κ3) is 3.37. The van der Waals surface area contributed by atoms with Crippen molar-refractivity contribution in [2.24, 2.45) is 0 Å². The lowest BCUT2D eigenvalue weighted by Crippen LogP contribution is -2.50. The average Bonchev–Trinajstić information content (AvgIpc) is 3.10. The van der Waals surface area contributed by atoms with Crippen LogP contribution in [0.3, 0.4) is 0 Å². The third-order valence-electron chi connectivity index (χ3n) is 3.99. The molecule has 9 heteroatoms. The van der Waals surface area contributed by atoms with Crippen molar-refractivity contribution in [2.45, 2.75) is 5.92 Å². The summed E-state index contributed by atoms with van der Waals surface area (Å²) >= 11 is 0. The van der Waals surface area contributed by atoms with Crippen molar-refractivity contribution in [1.82, 2.24) is 25.0 Å². The van der Waals surface area contributed by atoms with Gasteiger partial charge in [-0.25, -0.2) is 9.37 Å². The van der Waals surface area contributed by atoms with E-state index < -0.39 is 0 Å². The molecule has 1 saturated heterocycles. The van der Waals surface area contributed by atoms with Crippen LogP contribution in [0.1, 0.15) is 11.8 Å². The molecule has 0 bridgehead atoms. The van der Waals surface area contributed by atoms with E-state index in [1.54, 1.807) is 23.5 Å². The molecular formula is C17H14FN5O3. The lowest BCUT2D eigenvalue weighted by Gasteiger charge is -2.36. The smallest absolute Gasteiger partial charge is 0.260 e. The number of amides is 1. The van der Waals surface area contributed by atoms with Crippen LogP contribution >= 0.6 is 0 Å². The molecule has 1 amide bonds. The van der Waals surface area contributed by atoms with E-state index in [1.165, 1.54) is 24.3 Å². The molecular weight excluding hydrogens is 341 g/mol. The van der Waals surface area contributed by atoms with E-state index in [2.05, 4.69) is 20.1 Å². The maximum atomic E-state index is 12.8. The molecule has 2 aromatic heterocycles. The van der Waals surface area contributed by atoms with Gasteiger partial charge in [0.1, 0.15) is 17.3 Å². The largest absolute Gasteiger partial charge is 0.484 e. The first-order valence-corrected chi connectivity index (χ1v) is 7.95. The highest BCUT2D eigenvalue weighted by Gasteiger charge is 2.35. The molecule has 0 saturated carbocycles. The quantitative estimate of drug-likeness (QED) is 0.687. The van der Waals surface area contributed by atoms with Gasteiger partial charge < -0.3 is 14.2 Å². The predicted molar refractivity (Wildman–Crippen MR) is 86.5 cm³/mol. The van der Waals surface area contributed by atoms with Crippen molar-refractivity contribution in [3.05, 3.63) is 54.6 Å². The maximum absolute atomic E-state index is 12.8. The van der Waals surface area contributed by atoms with E-state index in [1.807, 2.05) is 0 Å². The first-order valence-electron chi connectivity index (χ1n) is 7.95. The number of hydrogen-bond donors (Lipinski definition) is 0. The zero-order valence-corrected chi connectivity index (χ0v) is 13.6. The van der Waals surface area contributed by atoms with Crippen LogP contribution in [0.25, 0.3) is 11.5 Å². The van der Waals surface area contributed by atoms with Crippen molar-refractivity contribution >= 4 is 5.91 Å². The summed E-state index contributed by atoms with van der Waals surface area (Å²) in [7, 11) is 0. The van der Waals surface area contributed by atoms with Crippen LogP contribution in [-0.4, -0.2) is 50.6 Å². The maximum Gasteiger partial charge on any atom is 0.260 e. The molecule has 4 rings (SSSR count). The summed E-state index contributed by atoms with van der Waals surface area (Å²) in [4.78, 5) is 26.1. The zero-order chi connectivity index (χ0) is 17.9. The van der Waals surface area contributed by atoms with Gasteiger partial charge in [-0.1, -0.05) is 5.16 Å². The Labute approximate surface area is 147 Å². The second-order valence-corrected chi connectivity index (χ2v) is 5.79. The minimum Gasteiger partial charge on any atom is -0.484 e. The molecule has 0 radical (unpaired) electrons. The highest BCUT2D eigenvalue weighted by molar-refractivity contribution is 5.78. The van der Waals surface area contributed by atoms with Gasteiger partial charge in [0.05, 0.1) is 12.1 Å². The van der Waals surface area contributed by atoms with Crippen molar-refractivity contribution < 1.29 is 18.4 Å². The van der Waals surface area contributed by atoms with Crippen LogP contribution in [0, 0.1) is 5.82 Å². The summed E-state index contributed by atoms with van der Waals surface area (Å²) < 4.78 is 23.4.